The fourth-order valence-corrected chi connectivity index (χ4v) is 2.50. The smallest absolute Gasteiger partial charge is 0.236 e. The minimum atomic E-state index is 0.149. The van der Waals surface area contributed by atoms with Crippen LogP contribution in [-0.2, 0) is 9.59 Å². The second-order valence-corrected chi connectivity index (χ2v) is 5.94. The van der Waals surface area contributed by atoms with Crippen LogP contribution in [0.5, 0.6) is 0 Å². The van der Waals surface area contributed by atoms with E-state index in [1.54, 1.807) is 0 Å². The van der Waals surface area contributed by atoms with E-state index in [1.165, 1.54) is 0 Å². The van der Waals surface area contributed by atoms with Gasteiger partial charge < -0.3 is 14.7 Å². The fraction of sp³-hybridized carbons (Fsp3) is 0.846. The lowest BCUT2D eigenvalue weighted by atomic mass is 10.2. The van der Waals surface area contributed by atoms with E-state index in [4.69, 9.17) is 0 Å². The summed E-state index contributed by atoms with van der Waals surface area (Å²) < 4.78 is 0. The van der Waals surface area contributed by atoms with E-state index in [0.717, 1.165) is 18.2 Å². The Labute approximate surface area is 124 Å². The summed E-state index contributed by atoms with van der Waals surface area (Å²) in [6, 6.07) is 0. The van der Waals surface area contributed by atoms with Crippen LogP contribution in [0.4, 0.5) is 0 Å². The van der Waals surface area contributed by atoms with Gasteiger partial charge in [-0.3, -0.25) is 9.59 Å². The van der Waals surface area contributed by atoms with E-state index in [2.05, 4.69) is 15.9 Å². The Morgan fingerprint density at radius 3 is 2.00 bits per heavy atom. The van der Waals surface area contributed by atoms with E-state index < -0.39 is 0 Å². The zero-order chi connectivity index (χ0) is 14.3. The quantitative estimate of drug-likeness (QED) is 0.533. The molecule has 0 spiro atoms. The molecule has 0 radical (unpaired) electrons. The van der Waals surface area contributed by atoms with Gasteiger partial charge in [0.1, 0.15) is 0 Å². The lowest BCUT2D eigenvalue weighted by molar-refractivity contribution is -0.139. The average molecular weight is 334 g/mol. The molecule has 1 fully saturated rings. The Morgan fingerprint density at radius 2 is 1.53 bits per heavy atom. The molecule has 0 bridgehead atoms. The number of rotatable bonds is 6. The van der Waals surface area contributed by atoms with Gasteiger partial charge in [-0.25, -0.2) is 0 Å². The monoisotopic (exact) mass is 333 g/mol. The molecule has 0 aromatic carbocycles. The number of amides is 2. The minimum absolute atomic E-state index is 0.149. The van der Waals surface area contributed by atoms with E-state index in [-0.39, 0.29) is 11.8 Å². The van der Waals surface area contributed by atoms with Crippen LogP contribution in [0.2, 0.25) is 0 Å². The zero-order valence-corrected chi connectivity index (χ0v) is 13.5. The van der Waals surface area contributed by atoms with Crippen LogP contribution < -0.4 is 0 Å². The summed E-state index contributed by atoms with van der Waals surface area (Å²) in [6.07, 6.45) is 2.59. The first-order valence-corrected chi connectivity index (χ1v) is 7.93. The van der Waals surface area contributed by atoms with Gasteiger partial charge in [-0.2, -0.15) is 0 Å². The highest BCUT2D eigenvalue weighted by Crippen LogP contribution is 2.07. The van der Waals surface area contributed by atoms with Crippen LogP contribution in [0.15, 0.2) is 0 Å². The lowest BCUT2D eigenvalue weighted by Gasteiger charge is -2.35. The van der Waals surface area contributed by atoms with Crippen LogP contribution >= 0.6 is 15.9 Å². The van der Waals surface area contributed by atoms with Crippen molar-refractivity contribution in [1.29, 1.82) is 0 Å². The predicted octanol–water partition coefficient (Wildman–Crippen LogP) is 0.784. The first kappa shape index (κ1) is 16.4. The number of hydrogen-bond acceptors (Lipinski definition) is 3. The minimum Gasteiger partial charge on any atom is -0.339 e. The fourth-order valence-electron chi connectivity index (χ4n) is 2.10. The van der Waals surface area contributed by atoms with Crippen molar-refractivity contribution in [2.75, 3.05) is 52.1 Å². The molecule has 1 aliphatic heterocycles. The molecule has 0 aliphatic carbocycles. The summed E-state index contributed by atoms with van der Waals surface area (Å²) in [7, 11) is 3.78. The number of piperazine rings is 1. The Hall–Kier alpha value is -0.620. The van der Waals surface area contributed by atoms with Gasteiger partial charge in [-0.15, -0.1) is 0 Å². The summed E-state index contributed by atoms with van der Waals surface area (Å²) >= 11 is 3.37. The Bertz CT molecular complexity index is 302. The molecule has 5 nitrogen and oxygen atoms in total. The number of nitrogens with zero attached hydrogens (tertiary/aromatic N) is 3. The van der Waals surface area contributed by atoms with Gasteiger partial charge in [0, 0.05) is 37.9 Å². The molecule has 0 N–H and O–H groups in total. The molecular formula is C13H24BrN3O2. The number of likely N-dealkylation sites (N-methyl/N-ethyl adjacent to an activating group) is 1. The Morgan fingerprint density at radius 1 is 1.00 bits per heavy atom. The normalized spacial score (nSPS) is 16.0. The molecule has 1 aliphatic rings. The molecule has 0 atom stereocenters. The molecule has 19 heavy (non-hydrogen) atoms. The molecule has 1 rings (SSSR count). The van der Waals surface area contributed by atoms with Crippen LogP contribution in [-0.4, -0.2) is 78.7 Å². The van der Waals surface area contributed by atoms with Crippen LogP contribution in [0.3, 0.4) is 0 Å². The van der Waals surface area contributed by atoms with Crippen molar-refractivity contribution in [3.05, 3.63) is 0 Å². The summed E-state index contributed by atoms with van der Waals surface area (Å²) in [5.41, 5.74) is 0. The topological polar surface area (TPSA) is 43.9 Å². The molecule has 2 amide bonds. The van der Waals surface area contributed by atoms with E-state index in [0.29, 0.717) is 39.1 Å². The maximum Gasteiger partial charge on any atom is 0.236 e. The number of alkyl halides is 1. The number of carbonyl (C=O) groups is 2. The van der Waals surface area contributed by atoms with Gasteiger partial charge in [0.05, 0.1) is 6.54 Å². The number of carbonyl (C=O) groups excluding carboxylic acids is 2. The largest absolute Gasteiger partial charge is 0.339 e. The van der Waals surface area contributed by atoms with Crippen molar-refractivity contribution in [3.63, 3.8) is 0 Å². The van der Waals surface area contributed by atoms with Crippen molar-refractivity contribution in [2.24, 2.45) is 0 Å². The second-order valence-electron chi connectivity index (χ2n) is 5.15. The maximum absolute atomic E-state index is 11.9. The third kappa shape index (κ3) is 5.91. The predicted molar refractivity (Wildman–Crippen MR) is 79.4 cm³/mol. The highest BCUT2D eigenvalue weighted by Gasteiger charge is 2.23. The van der Waals surface area contributed by atoms with Gasteiger partial charge in [-0.1, -0.05) is 15.9 Å². The maximum atomic E-state index is 11.9. The van der Waals surface area contributed by atoms with Crippen LogP contribution in [0.25, 0.3) is 0 Å². The second kappa shape index (κ2) is 8.53. The van der Waals surface area contributed by atoms with Gasteiger partial charge >= 0.3 is 0 Å². The van der Waals surface area contributed by atoms with Crippen LogP contribution in [0, 0.1) is 0 Å². The highest BCUT2D eigenvalue weighted by atomic mass is 79.9. The standard InChI is InChI=1S/C13H24BrN3O2/c1-15(2)11-13(19)17-9-7-16(8-10-17)12(18)5-3-4-6-14/h3-11H2,1-2H3. The van der Waals surface area contributed by atoms with Gasteiger partial charge in [0.2, 0.25) is 11.8 Å². The lowest BCUT2D eigenvalue weighted by Crippen LogP contribution is -2.52. The molecule has 6 heteroatoms. The SMILES string of the molecule is CN(C)CC(=O)N1CCN(C(=O)CCCCBr)CC1. The summed E-state index contributed by atoms with van der Waals surface area (Å²) in [5, 5.41) is 0.951. The molecule has 0 aromatic rings. The molecule has 0 aromatic heterocycles. The van der Waals surface area contributed by atoms with E-state index >= 15 is 0 Å². The van der Waals surface area contributed by atoms with Crippen molar-refractivity contribution in [1.82, 2.24) is 14.7 Å². The first-order valence-electron chi connectivity index (χ1n) is 6.81. The molecule has 0 unspecified atom stereocenters. The van der Waals surface area contributed by atoms with Gasteiger partial charge in [0.25, 0.3) is 0 Å². The zero-order valence-electron chi connectivity index (χ0n) is 11.9. The Kier molecular flexibility index (Phi) is 7.38. The third-order valence-corrected chi connectivity index (χ3v) is 3.77. The first-order chi connectivity index (χ1) is 9.04. The van der Waals surface area contributed by atoms with Gasteiger partial charge in [-0.05, 0) is 26.9 Å². The summed E-state index contributed by atoms with van der Waals surface area (Å²) in [5.74, 6) is 0.372. The van der Waals surface area contributed by atoms with Crippen molar-refractivity contribution < 1.29 is 9.59 Å². The van der Waals surface area contributed by atoms with Crippen molar-refractivity contribution >= 4 is 27.7 Å². The molecule has 0 saturated carbocycles. The number of halogens is 1. The van der Waals surface area contributed by atoms with Crippen molar-refractivity contribution in [2.45, 2.75) is 19.3 Å². The highest BCUT2D eigenvalue weighted by molar-refractivity contribution is 9.09. The van der Waals surface area contributed by atoms with E-state index in [9.17, 15) is 9.59 Å². The van der Waals surface area contributed by atoms with Crippen molar-refractivity contribution in [3.8, 4) is 0 Å². The van der Waals surface area contributed by atoms with Crippen LogP contribution in [0.1, 0.15) is 19.3 Å². The van der Waals surface area contributed by atoms with E-state index in [1.807, 2.05) is 28.8 Å². The number of unbranched alkanes of at least 4 members (excludes halogenated alkanes) is 1. The summed E-state index contributed by atoms with van der Waals surface area (Å²) in [4.78, 5) is 29.4. The molecule has 1 saturated heterocycles. The summed E-state index contributed by atoms with van der Waals surface area (Å²) in [6.45, 7) is 3.12. The Balaban J connectivity index is 2.28. The molecule has 1 heterocycles. The third-order valence-electron chi connectivity index (χ3n) is 3.21. The average Bonchev–Trinajstić information content (AvgIpc) is 2.38. The molecular weight excluding hydrogens is 310 g/mol. The number of hydrogen-bond donors (Lipinski definition) is 0. The molecule has 110 valence electrons. The van der Waals surface area contributed by atoms with Gasteiger partial charge in [0.15, 0.2) is 0 Å².